The fourth-order valence-corrected chi connectivity index (χ4v) is 2.49. The van der Waals surface area contributed by atoms with Crippen LogP contribution in [0.25, 0.3) is 5.76 Å². The summed E-state index contributed by atoms with van der Waals surface area (Å²) in [5, 5.41) is 0. The average Bonchev–Trinajstić information content (AvgIpc) is 2.75. The van der Waals surface area contributed by atoms with Gasteiger partial charge in [0.15, 0.2) is 5.76 Å². The molecule has 0 spiro atoms. The summed E-state index contributed by atoms with van der Waals surface area (Å²) >= 11 is 0. The molecule has 2 aromatic carbocycles. The lowest BCUT2D eigenvalue weighted by molar-refractivity contribution is -0.133. The van der Waals surface area contributed by atoms with Crippen molar-refractivity contribution in [3.05, 3.63) is 102 Å². The van der Waals surface area contributed by atoms with E-state index in [0.717, 1.165) is 5.56 Å². The van der Waals surface area contributed by atoms with E-state index in [1.807, 2.05) is 30.3 Å². The Morgan fingerprint density at radius 2 is 1.63 bits per heavy atom. The van der Waals surface area contributed by atoms with Crippen LogP contribution in [0.15, 0.2) is 90.7 Å². The SMILES string of the molecule is CC=CC(C(=O)OC=CC=CCc1ccc(N)cc1)=C(O[C]=O)c1ccc(N)cc1. The molecule has 4 N–H and O–H groups in total. The second-order valence-electron chi connectivity index (χ2n) is 6.16. The number of nitrogens with two attached hydrogens (primary N) is 2. The molecule has 0 aliphatic rings. The van der Waals surface area contributed by atoms with Gasteiger partial charge in [-0.05, 0) is 67.5 Å². The third-order valence-electron chi connectivity index (χ3n) is 3.95. The Bertz CT molecular complexity index is 969. The largest absolute Gasteiger partial charge is 0.431 e. The lowest BCUT2D eigenvalue weighted by Gasteiger charge is -2.09. The Balaban J connectivity index is 2.09. The second kappa shape index (κ2) is 11.7. The molecule has 0 amide bonds. The molecular formula is C24H23N2O4. The summed E-state index contributed by atoms with van der Waals surface area (Å²) in [6.45, 7) is 3.09. The van der Waals surface area contributed by atoms with Gasteiger partial charge in [-0.1, -0.05) is 30.4 Å². The summed E-state index contributed by atoms with van der Waals surface area (Å²) in [5.74, 6) is -0.654. The summed E-state index contributed by atoms with van der Waals surface area (Å²) in [4.78, 5) is 23.4. The first-order chi connectivity index (χ1) is 14.5. The highest BCUT2D eigenvalue weighted by atomic mass is 16.5. The number of esters is 1. The fraction of sp³-hybridized carbons (Fsp3) is 0.0833. The van der Waals surface area contributed by atoms with Crippen molar-refractivity contribution in [3.8, 4) is 0 Å². The standard InChI is InChI=1S/C24H23N2O4/c1-2-6-22(23(30-17-27)19-10-14-21(26)15-11-19)24(28)29-16-5-3-4-7-18-8-12-20(25)13-9-18/h2-6,8-16H,7,25-26H2,1H3. The molecule has 0 heterocycles. The van der Waals surface area contributed by atoms with Crippen LogP contribution < -0.4 is 11.5 Å². The van der Waals surface area contributed by atoms with Gasteiger partial charge in [0.1, 0.15) is 5.57 Å². The van der Waals surface area contributed by atoms with Crippen molar-refractivity contribution in [1.82, 2.24) is 0 Å². The summed E-state index contributed by atoms with van der Waals surface area (Å²) in [6, 6.07) is 14.1. The van der Waals surface area contributed by atoms with E-state index in [4.69, 9.17) is 20.9 Å². The third-order valence-corrected chi connectivity index (χ3v) is 3.95. The first-order valence-electron chi connectivity index (χ1n) is 9.19. The Kier molecular flexibility index (Phi) is 8.68. The monoisotopic (exact) mass is 403 g/mol. The average molecular weight is 403 g/mol. The van der Waals surface area contributed by atoms with Crippen LogP contribution in [0.2, 0.25) is 0 Å². The lowest BCUT2D eigenvalue weighted by Crippen LogP contribution is -2.07. The normalized spacial score (nSPS) is 12.3. The highest BCUT2D eigenvalue weighted by Gasteiger charge is 2.17. The van der Waals surface area contributed by atoms with Gasteiger partial charge in [-0.15, -0.1) is 0 Å². The first kappa shape index (κ1) is 22.2. The number of allylic oxidation sites excluding steroid dienone is 4. The highest BCUT2D eigenvalue weighted by Crippen LogP contribution is 2.23. The molecule has 6 heteroatoms. The zero-order chi connectivity index (χ0) is 21.8. The van der Waals surface area contributed by atoms with Crippen LogP contribution in [-0.4, -0.2) is 12.4 Å². The smallest absolute Gasteiger partial charge is 0.423 e. The minimum atomic E-state index is -0.682. The predicted octanol–water partition coefficient (Wildman–Crippen LogP) is 4.08. The van der Waals surface area contributed by atoms with E-state index >= 15 is 0 Å². The van der Waals surface area contributed by atoms with Crippen LogP contribution in [0.4, 0.5) is 11.4 Å². The van der Waals surface area contributed by atoms with Crippen molar-refractivity contribution >= 4 is 29.6 Å². The topological polar surface area (TPSA) is 105 Å². The molecule has 2 rings (SSSR count). The Hall–Kier alpha value is -4.06. The van der Waals surface area contributed by atoms with Gasteiger partial charge in [-0.3, -0.25) is 0 Å². The zero-order valence-corrected chi connectivity index (χ0v) is 16.6. The van der Waals surface area contributed by atoms with Crippen LogP contribution in [-0.2, 0) is 25.5 Å². The molecular weight excluding hydrogens is 380 g/mol. The fourth-order valence-electron chi connectivity index (χ4n) is 2.49. The number of hydrogen-bond donors (Lipinski definition) is 2. The maximum atomic E-state index is 12.5. The van der Waals surface area contributed by atoms with E-state index in [-0.39, 0.29) is 11.3 Å². The van der Waals surface area contributed by atoms with Gasteiger partial charge < -0.3 is 20.9 Å². The van der Waals surface area contributed by atoms with Crippen molar-refractivity contribution in [2.45, 2.75) is 13.3 Å². The molecule has 0 saturated carbocycles. The predicted molar refractivity (Wildman–Crippen MR) is 118 cm³/mol. The number of ether oxygens (including phenoxy) is 2. The Labute approximate surface area is 175 Å². The summed E-state index contributed by atoms with van der Waals surface area (Å²) in [5.41, 5.74) is 14.3. The summed E-state index contributed by atoms with van der Waals surface area (Å²) < 4.78 is 10.1. The van der Waals surface area contributed by atoms with Gasteiger partial charge in [-0.25, -0.2) is 9.59 Å². The minimum Gasteiger partial charge on any atom is -0.431 e. The van der Waals surface area contributed by atoms with Crippen molar-refractivity contribution < 1.29 is 19.1 Å². The molecule has 153 valence electrons. The Morgan fingerprint density at radius 3 is 2.23 bits per heavy atom. The van der Waals surface area contributed by atoms with E-state index in [2.05, 4.69) is 0 Å². The molecule has 2 aromatic rings. The van der Waals surface area contributed by atoms with Crippen LogP contribution in [0.3, 0.4) is 0 Å². The quantitative estimate of drug-likeness (QED) is 0.215. The molecule has 0 fully saturated rings. The van der Waals surface area contributed by atoms with E-state index in [1.54, 1.807) is 49.4 Å². The molecule has 0 unspecified atom stereocenters. The molecule has 0 saturated heterocycles. The van der Waals surface area contributed by atoms with Gasteiger partial charge >= 0.3 is 12.4 Å². The molecule has 30 heavy (non-hydrogen) atoms. The third kappa shape index (κ3) is 6.83. The molecule has 0 aliphatic heterocycles. The van der Waals surface area contributed by atoms with E-state index in [9.17, 15) is 9.59 Å². The van der Waals surface area contributed by atoms with Crippen molar-refractivity contribution in [1.29, 1.82) is 0 Å². The molecule has 0 bridgehead atoms. The van der Waals surface area contributed by atoms with Gasteiger partial charge in [0, 0.05) is 16.9 Å². The van der Waals surface area contributed by atoms with Crippen LogP contribution in [0.1, 0.15) is 18.1 Å². The summed E-state index contributed by atoms with van der Waals surface area (Å²) in [7, 11) is 0. The van der Waals surface area contributed by atoms with Gasteiger partial charge in [-0.2, -0.15) is 0 Å². The Morgan fingerprint density at radius 1 is 1.00 bits per heavy atom. The minimum absolute atomic E-state index is 0.0281. The molecule has 6 nitrogen and oxygen atoms in total. The number of benzene rings is 2. The second-order valence-corrected chi connectivity index (χ2v) is 6.16. The van der Waals surface area contributed by atoms with Crippen LogP contribution >= 0.6 is 0 Å². The van der Waals surface area contributed by atoms with Crippen molar-refractivity contribution in [2.24, 2.45) is 0 Å². The van der Waals surface area contributed by atoms with Gasteiger partial charge in [0.05, 0.1) is 6.26 Å². The molecule has 0 atom stereocenters. The molecule has 1 radical (unpaired) electrons. The van der Waals surface area contributed by atoms with E-state index in [0.29, 0.717) is 23.4 Å². The molecule has 0 aliphatic carbocycles. The summed E-state index contributed by atoms with van der Waals surface area (Å²) in [6.07, 6.45) is 10.4. The molecule has 0 aromatic heterocycles. The van der Waals surface area contributed by atoms with Gasteiger partial charge in [0.25, 0.3) is 0 Å². The van der Waals surface area contributed by atoms with Gasteiger partial charge in [0.2, 0.25) is 0 Å². The number of carbonyl (C=O) groups excluding carboxylic acids is 2. The maximum Gasteiger partial charge on any atom is 0.423 e. The maximum absolute atomic E-state index is 12.5. The number of rotatable bonds is 9. The van der Waals surface area contributed by atoms with Crippen molar-refractivity contribution in [3.63, 3.8) is 0 Å². The number of anilines is 2. The van der Waals surface area contributed by atoms with E-state index in [1.165, 1.54) is 18.8 Å². The zero-order valence-electron chi connectivity index (χ0n) is 16.6. The van der Waals surface area contributed by atoms with Crippen molar-refractivity contribution in [2.75, 3.05) is 11.5 Å². The van der Waals surface area contributed by atoms with Crippen LogP contribution in [0.5, 0.6) is 0 Å². The van der Waals surface area contributed by atoms with E-state index < -0.39 is 5.97 Å². The number of carbonyl (C=O) groups is 1. The first-order valence-corrected chi connectivity index (χ1v) is 9.19. The number of nitrogen functional groups attached to an aromatic ring is 2. The van der Waals surface area contributed by atoms with Crippen LogP contribution in [0, 0.1) is 0 Å². The lowest BCUT2D eigenvalue weighted by atomic mass is 10.1. The highest BCUT2D eigenvalue weighted by molar-refractivity contribution is 6.00. The number of hydrogen-bond acceptors (Lipinski definition) is 6.